The summed E-state index contributed by atoms with van der Waals surface area (Å²) in [6, 6.07) is 11.8. The maximum absolute atomic E-state index is 11.7. The molecule has 0 aliphatic carbocycles. The van der Waals surface area contributed by atoms with Crippen LogP contribution in [0.3, 0.4) is 0 Å². The molecule has 2 N–H and O–H groups in total. The van der Waals surface area contributed by atoms with Gasteiger partial charge in [0.1, 0.15) is 0 Å². The van der Waals surface area contributed by atoms with Gasteiger partial charge in [0.15, 0.2) is 9.84 Å². The summed E-state index contributed by atoms with van der Waals surface area (Å²) in [5, 5.41) is 12.1. The zero-order valence-corrected chi connectivity index (χ0v) is 13.3. The molecule has 0 amide bonds. The van der Waals surface area contributed by atoms with E-state index in [2.05, 4.69) is 5.32 Å². The largest absolute Gasteiger partial charge is 0.478 e. The molecule has 0 atom stereocenters. The summed E-state index contributed by atoms with van der Waals surface area (Å²) < 4.78 is 23.5. The molecule has 0 radical (unpaired) electrons. The third-order valence-corrected chi connectivity index (χ3v) is 4.65. The molecule has 7 heteroatoms. The summed E-state index contributed by atoms with van der Waals surface area (Å²) in [5.41, 5.74) is 1.09. The van der Waals surface area contributed by atoms with E-state index in [-0.39, 0.29) is 21.2 Å². The van der Waals surface area contributed by atoms with E-state index in [0.29, 0.717) is 6.54 Å². The highest BCUT2D eigenvalue weighted by atomic mass is 35.5. The van der Waals surface area contributed by atoms with Crippen LogP contribution >= 0.6 is 11.6 Å². The lowest BCUT2D eigenvalue weighted by molar-refractivity contribution is 0.0696. The highest BCUT2D eigenvalue weighted by molar-refractivity contribution is 7.90. The van der Waals surface area contributed by atoms with E-state index in [4.69, 9.17) is 16.7 Å². The number of nitrogens with one attached hydrogen (secondary N) is 1. The lowest BCUT2D eigenvalue weighted by Crippen LogP contribution is -2.07. The van der Waals surface area contributed by atoms with Crippen molar-refractivity contribution < 1.29 is 18.3 Å². The molecular weight excluding hydrogens is 326 g/mol. The monoisotopic (exact) mass is 339 g/mol. The number of hydrogen-bond acceptors (Lipinski definition) is 4. The van der Waals surface area contributed by atoms with Crippen LogP contribution in [0.15, 0.2) is 47.4 Å². The molecule has 0 saturated carbocycles. The van der Waals surface area contributed by atoms with Gasteiger partial charge in [-0.25, -0.2) is 13.2 Å². The van der Waals surface area contributed by atoms with Gasteiger partial charge in [-0.3, -0.25) is 0 Å². The summed E-state index contributed by atoms with van der Waals surface area (Å²) in [6.45, 7) is 0.396. The first-order chi connectivity index (χ1) is 10.3. The average molecular weight is 340 g/mol. The van der Waals surface area contributed by atoms with E-state index >= 15 is 0 Å². The van der Waals surface area contributed by atoms with Crippen molar-refractivity contribution in [3.8, 4) is 0 Å². The van der Waals surface area contributed by atoms with Crippen molar-refractivity contribution >= 4 is 33.1 Å². The van der Waals surface area contributed by atoms with Crippen LogP contribution < -0.4 is 5.32 Å². The minimum absolute atomic E-state index is 0.0107. The highest BCUT2D eigenvalue weighted by Crippen LogP contribution is 2.31. The molecule has 22 heavy (non-hydrogen) atoms. The summed E-state index contributed by atoms with van der Waals surface area (Å²) in [5.74, 6) is -1.22. The Labute approximate surface area is 133 Å². The van der Waals surface area contributed by atoms with Crippen molar-refractivity contribution in [2.75, 3.05) is 11.6 Å². The Bertz CT molecular complexity index is 804. The first kappa shape index (κ1) is 16.3. The summed E-state index contributed by atoms with van der Waals surface area (Å²) in [4.78, 5) is 10.9. The van der Waals surface area contributed by atoms with Crippen molar-refractivity contribution in [2.45, 2.75) is 11.4 Å². The third-order valence-electron chi connectivity index (χ3n) is 3.01. The lowest BCUT2D eigenvalue weighted by Gasteiger charge is -2.12. The number of carboxylic acids is 1. The number of hydrogen-bond donors (Lipinski definition) is 2. The predicted molar refractivity (Wildman–Crippen MR) is 85.3 cm³/mol. The van der Waals surface area contributed by atoms with Crippen LogP contribution in [-0.4, -0.2) is 25.7 Å². The van der Waals surface area contributed by atoms with E-state index < -0.39 is 15.8 Å². The third kappa shape index (κ3) is 3.78. The van der Waals surface area contributed by atoms with Crippen LogP contribution in [0.2, 0.25) is 5.02 Å². The minimum atomic E-state index is -3.63. The fourth-order valence-corrected chi connectivity index (χ4v) is 3.29. The molecule has 0 spiro atoms. The van der Waals surface area contributed by atoms with Crippen molar-refractivity contribution in [3.05, 3.63) is 58.6 Å². The molecule has 0 aromatic heterocycles. The van der Waals surface area contributed by atoms with E-state index in [0.717, 1.165) is 17.9 Å². The molecule has 2 rings (SSSR count). The van der Waals surface area contributed by atoms with E-state index in [1.54, 1.807) is 0 Å². The van der Waals surface area contributed by atoms with E-state index in [1.807, 2.05) is 30.3 Å². The fourth-order valence-electron chi connectivity index (χ4n) is 1.91. The maximum Gasteiger partial charge on any atom is 0.335 e. The van der Waals surface area contributed by atoms with Crippen LogP contribution in [0, 0.1) is 0 Å². The van der Waals surface area contributed by atoms with E-state index in [9.17, 15) is 13.2 Å². The Morgan fingerprint density at radius 3 is 2.41 bits per heavy atom. The zero-order valence-electron chi connectivity index (χ0n) is 11.7. The van der Waals surface area contributed by atoms with Crippen LogP contribution in [-0.2, 0) is 16.4 Å². The van der Waals surface area contributed by atoms with Crippen LogP contribution in [0.1, 0.15) is 15.9 Å². The highest BCUT2D eigenvalue weighted by Gasteiger charge is 2.19. The molecule has 0 aliphatic rings. The molecule has 0 bridgehead atoms. The second kappa shape index (κ2) is 6.37. The Balaban J connectivity index is 2.42. The molecule has 116 valence electrons. The van der Waals surface area contributed by atoms with Crippen molar-refractivity contribution in [2.24, 2.45) is 0 Å². The quantitative estimate of drug-likeness (QED) is 0.874. The molecule has 0 heterocycles. The van der Waals surface area contributed by atoms with Gasteiger partial charge in [-0.2, -0.15) is 0 Å². The molecule has 0 unspecified atom stereocenters. The number of sulfone groups is 1. The summed E-state index contributed by atoms with van der Waals surface area (Å²) in [6.07, 6.45) is 0.987. The number of aromatic carboxylic acids is 1. The Kier molecular flexibility index (Phi) is 4.73. The zero-order chi connectivity index (χ0) is 16.3. The Hall–Kier alpha value is -2.05. The van der Waals surface area contributed by atoms with Gasteiger partial charge in [0.25, 0.3) is 0 Å². The van der Waals surface area contributed by atoms with Gasteiger partial charge in [-0.05, 0) is 17.7 Å². The van der Waals surface area contributed by atoms with Gasteiger partial charge >= 0.3 is 5.97 Å². The molecule has 2 aromatic carbocycles. The number of rotatable bonds is 5. The number of halogens is 1. The van der Waals surface area contributed by atoms with Gasteiger partial charge in [-0.1, -0.05) is 41.9 Å². The Morgan fingerprint density at radius 2 is 1.86 bits per heavy atom. The summed E-state index contributed by atoms with van der Waals surface area (Å²) in [7, 11) is -3.63. The number of anilines is 1. The van der Waals surface area contributed by atoms with Crippen LogP contribution in [0.25, 0.3) is 0 Å². The molecule has 2 aromatic rings. The smallest absolute Gasteiger partial charge is 0.335 e. The topological polar surface area (TPSA) is 83.5 Å². The first-order valence-electron chi connectivity index (χ1n) is 6.33. The molecule has 0 aliphatic heterocycles. The molecular formula is C15H14ClNO4S. The van der Waals surface area contributed by atoms with Gasteiger partial charge in [0.2, 0.25) is 0 Å². The minimum Gasteiger partial charge on any atom is -0.478 e. The second-order valence-electron chi connectivity index (χ2n) is 4.75. The van der Waals surface area contributed by atoms with Crippen molar-refractivity contribution in [3.63, 3.8) is 0 Å². The van der Waals surface area contributed by atoms with Crippen LogP contribution in [0.4, 0.5) is 5.69 Å². The molecule has 0 saturated heterocycles. The Morgan fingerprint density at radius 1 is 1.23 bits per heavy atom. The van der Waals surface area contributed by atoms with Gasteiger partial charge < -0.3 is 10.4 Å². The van der Waals surface area contributed by atoms with Crippen LogP contribution in [0.5, 0.6) is 0 Å². The first-order valence-corrected chi connectivity index (χ1v) is 8.60. The van der Waals surface area contributed by atoms with E-state index in [1.165, 1.54) is 6.07 Å². The number of benzene rings is 2. The predicted octanol–water partition coefficient (Wildman–Crippen LogP) is 3.05. The number of carboxylic acid groups (broad SMARTS) is 1. The SMILES string of the molecule is CS(=O)(=O)c1cc(C(=O)O)cc(NCc2ccccc2)c1Cl. The van der Waals surface area contributed by atoms with Crippen molar-refractivity contribution in [1.29, 1.82) is 0 Å². The molecule has 0 fully saturated rings. The maximum atomic E-state index is 11.7. The lowest BCUT2D eigenvalue weighted by atomic mass is 10.2. The average Bonchev–Trinajstić information content (AvgIpc) is 2.45. The van der Waals surface area contributed by atoms with Gasteiger partial charge in [-0.15, -0.1) is 0 Å². The standard InChI is InChI=1S/C15H14ClNO4S/c1-22(20,21)13-8-11(15(18)19)7-12(14(13)16)17-9-10-5-3-2-4-6-10/h2-8,17H,9H2,1H3,(H,18,19). The van der Waals surface area contributed by atoms with Crippen molar-refractivity contribution in [1.82, 2.24) is 0 Å². The number of carbonyl (C=O) groups is 1. The molecule has 5 nitrogen and oxygen atoms in total. The fraction of sp³-hybridized carbons (Fsp3) is 0.133. The summed E-state index contributed by atoms with van der Waals surface area (Å²) >= 11 is 6.10. The normalized spacial score (nSPS) is 11.2. The van der Waals surface area contributed by atoms with Gasteiger partial charge in [0.05, 0.1) is 21.2 Å². The second-order valence-corrected chi connectivity index (χ2v) is 7.11. The van der Waals surface area contributed by atoms with Gasteiger partial charge in [0, 0.05) is 12.8 Å².